The zero-order valence-corrected chi connectivity index (χ0v) is 12.4. The van der Waals surface area contributed by atoms with Crippen LogP contribution in [0.5, 0.6) is 0 Å². The SMILES string of the molecule is O=C([O-])c1c2c(nc3ccccc13)/C(=C\c1ccco1)CCC2. The number of benzene rings is 1. The second-order valence-electron chi connectivity index (χ2n) is 5.66. The molecule has 2 heterocycles. The molecule has 1 aliphatic carbocycles. The van der Waals surface area contributed by atoms with Crippen molar-refractivity contribution < 1.29 is 14.3 Å². The van der Waals surface area contributed by atoms with Crippen LogP contribution in [-0.2, 0) is 6.42 Å². The third-order valence-electron chi connectivity index (χ3n) is 4.23. The van der Waals surface area contributed by atoms with Gasteiger partial charge in [0.2, 0.25) is 0 Å². The molecule has 0 aliphatic heterocycles. The second-order valence-corrected chi connectivity index (χ2v) is 5.66. The standard InChI is InChI=1S/C19H15NO3/c21-19(22)17-14-7-1-2-9-16(14)20-18-12(5-3-8-15(17)18)11-13-6-4-10-23-13/h1-2,4,6-7,9-11H,3,5,8H2,(H,21,22)/p-1/b12-11-. The third kappa shape index (κ3) is 2.32. The van der Waals surface area contributed by atoms with Gasteiger partial charge in [0.1, 0.15) is 5.76 Å². The predicted octanol–water partition coefficient (Wildman–Crippen LogP) is 3.07. The van der Waals surface area contributed by atoms with E-state index in [-0.39, 0.29) is 5.56 Å². The van der Waals surface area contributed by atoms with Crippen molar-refractivity contribution in [1.82, 2.24) is 4.98 Å². The van der Waals surface area contributed by atoms with Gasteiger partial charge in [-0.2, -0.15) is 0 Å². The molecule has 0 amide bonds. The molecule has 0 unspecified atom stereocenters. The van der Waals surface area contributed by atoms with E-state index < -0.39 is 5.97 Å². The number of pyridine rings is 1. The largest absolute Gasteiger partial charge is 0.545 e. The molecule has 0 radical (unpaired) electrons. The van der Waals surface area contributed by atoms with E-state index in [4.69, 9.17) is 9.40 Å². The van der Waals surface area contributed by atoms with Gasteiger partial charge in [0.25, 0.3) is 0 Å². The molecule has 0 bridgehead atoms. The van der Waals surface area contributed by atoms with E-state index in [0.29, 0.717) is 17.3 Å². The second kappa shape index (κ2) is 5.39. The lowest BCUT2D eigenvalue weighted by molar-refractivity contribution is -0.254. The Morgan fingerprint density at radius 2 is 2.04 bits per heavy atom. The minimum atomic E-state index is -1.14. The lowest BCUT2D eigenvalue weighted by atomic mass is 9.86. The first-order valence-electron chi connectivity index (χ1n) is 7.61. The Hall–Kier alpha value is -2.88. The van der Waals surface area contributed by atoms with Crippen LogP contribution in [0.1, 0.15) is 40.2 Å². The Labute approximate surface area is 133 Å². The van der Waals surface area contributed by atoms with Crippen LogP contribution in [0.3, 0.4) is 0 Å². The number of furan rings is 1. The summed E-state index contributed by atoms with van der Waals surface area (Å²) in [6.07, 6.45) is 6.01. The highest BCUT2D eigenvalue weighted by atomic mass is 16.4. The molecule has 3 aromatic rings. The first-order chi connectivity index (χ1) is 11.2. The van der Waals surface area contributed by atoms with Crippen LogP contribution >= 0.6 is 0 Å². The Balaban J connectivity index is 2.01. The van der Waals surface area contributed by atoms with Crippen LogP contribution in [0.15, 0.2) is 47.1 Å². The zero-order valence-electron chi connectivity index (χ0n) is 12.4. The van der Waals surface area contributed by atoms with Gasteiger partial charge in [-0.1, -0.05) is 18.2 Å². The van der Waals surface area contributed by atoms with E-state index in [1.54, 1.807) is 12.3 Å². The average Bonchev–Trinajstić information content (AvgIpc) is 3.06. The number of rotatable bonds is 2. The van der Waals surface area contributed by atoms with Crippen molar-refractivity contribution in [3.8, 4) is 0 Å². The van der Waals surface area contributed by atoms with Crippen molar-refractivity contribution in [3.05, 3.63) is 65.2 Å². The molecule has 1 aliphatic rings. The highest BCUT2D eigenvalue weighted by molar-refractivity contribution is 6.05. The van der Waals surface area contributed by atoms with Gasteiger partial charge >= 0.3 is 0 Å². The van der Waals surface area contributed by atoms with E-state index in [9.17, 15) is 9.90 Å². The number of carboxylic acid groups (broad SMARTS) is 1. The molecule has 0 atom stereocenters. The van der Waals surface area contributed by atoms with Crippen LogP contribution < -0.4 is 5.11 Å². The summed E-state index contributed by atoms with van der Waals surface area (Å²) in [7, 11) is 0. The Morgan fingerprint density at radius 1 is 1.17 bits per heavy atom. The fourth-order valence-electron chi connectivity index (χ4n) is 3.25. The number of nitrogens with zero attached hydrogens (tertiary/aromatic N) is 1. The van der Waals surface area contributed by atoms with Crippen LogP contribution in [-0.4, -0.2) is 11.0 Å². The Bertz CT molecular complexity index is 923. The number of aromatic nitrogens is 1. The lowest BCUT2D eigenvalue weighted by Crippen LogP contribution is -2.26. The molecule has 1 aromatic carbocycles. The van der Waals surface area contributed by atoms with Crippen LogP contribution in [0.25, 0.3) is 22.6 Å². The van der Waals surface area contributed by atoms with Crippen molar-refractivity contribution in [2.45, 2.75) is 19.3 Å². The summed E-state index contributed by atoms with van der Waals surface area (Å²) in [5.41, 5.74) is 3.49. The fraction of sp³-hybridized carbons (Fsp3) is 0.158. The normalized spacial score (nSPS) is 15.7. The number of hydrogen-bond acceptors (Lipinski definition) is 4. The first kappa shape index (κ1) is 13.8. The molecule has 4 nitrogen and oxygen atoms in total. The number of aromatic carboxylic acids is 1. The quantitative estimate of drug-likeness (QED) is 0.730. The molecule has 114 valence electrons. The topological polar surface area (TPSA) is 66.2 Å². The van der Waals surface area contributed by atoms with Crippen LogP contribution in [0, 0.1) is 0 Å². The molecule has 0 fully saturated rings. The number of carbonyl (C=O) groups is 1. The molecule has 23 heavy (non-hydrogen) atoms. The van der Waals surface area contributed by atoms with Crippen molar-refractivity contribution in [1.29, 1.82) is 0 Å². The number of carbonyl (C=O) groups excluding carboxylic acids is 1. The Morgan fingerprint density at radius 3 is 2.83 bits per heavy atom. The minimum absolute atomic E-state index is 0.274. The van der Waals surface area contributed by atoms with Gasteiger partial charge in [-0.05, 0) is 54.7 Å². The summed E-state index contributed by atoms with van der Waals surface area (Å²) in [6, 6.07) is 11.0. The highest BCUT2D eigenvalue weighted by Crippen LogP contribution is 2.35. The summed E-state index contributed by atoms with van der Waals surface area (Å²) in [6.45, 7) is 0. The number of para-hydroxylation sites is 1. The first-order valence-corrected chi connectivity index (χ1v) is 7.61. The van der Waals surface area contributed by atoms with Crippen molar-refractivity contribution >= 4 is 28.5 Å². The van der Waals surface area contributed by atoms with Crippen molar-refractivity contribution in [2.24, 2.45) is 0 Å². The van der Waals surface area contributed by atoms with Gasteiger partial charge in [-0.25, -0.2) is 4.98 Å². The monoisotopic (exact) mass is 304 g/mol. The number of hydrogen-bond donors (Lipinski definition) is 0. The van der Waals surface area contributed by atoms with Gasteiger partial charge in [0, 0.05) is 10.9 Å². The van der Waals surface area contributed by atoms with E-state index in [2.05, 4.69) is 0 Å². The van der Waals surface area contributed by atoms with Gasteiger partial charge in [-0.15, -0.1) is 0 Å². The number of allylic oxidation sites excluding steroid dienone is 1. The van der Waals surface area contributed by atoms with Gasteiger partial charge in [0.05, 0.1) is 23.4 Å². The molecule has 0 saturated carbocycles. The maximum absolute atomic E-state index is 11.7. The molecule has 4 heteroatoms. The maximum Gasteiger partial charge on any atom is 0.126 e. The summed E-state index contributed by atoms with van der Waals surface area (Å²) >= 11 is 0. The van der Waals surface area contributed by atoms with Crippen molar-refractivity contribution in [2.75, 3.05) is 0 Å². The van der Waals surface area contributed by atoms with Gasteiger partial charge in [0.15, 0.2) is 0 Å². The molecule has 0 saturated heterocycles. The van der Waals surface area contributed by atoms with Gasteiger partial charge < -0.3 is 14.3 Å². The molecule has 0 N–H and O–H groups in total. The summed E-state index contributed by atoms with van der Waals surface area (Å²) in [4.78, 5) is 16.5. The van der Waals surface area contributed by atoms with E-state index >= 15 is 0 Å². The highest BCUT2D eigenvalue weighted by Gasteiger charge is 2.22. The van der Waals surface area contributed by atoms with Crippen LogP contribution in [0.4, 0.5) is 0 Å². The average molecular weight is 304 g/mol. The number of fused-ring (bicyclic) bond motifs is 2. The summed E-state index contributed by atoms with van der Waals surface area (Å²) < 4.78 is 5.38. The maximum atomic E-state index is 11.7. The molecular weight excluding hydrogens is 290 g/mol. The zero-order chi connectivity index (χ0) is 15.8. The van der Waals surface area contributed by atoms with E-state index in [1.165, 1.54) is 0 Å². The lowest BCUT2D eigenvalue weighted by Gasteiger charge is -2.23. The van der Waals surface area contributed by atoms with Gasteiger partial charge in [-0.3, -0.25) is 0 Å². The molecular formula is C19H14NO3-. The third-order valence-corrected chi connectivity index (χ3v) is 4.23. The Kier molecular flexibility index (Phi) is 3.23. The van der Waals surface area contributed by atoms with E-state index in [0.717, 1.165) is 35.4 Å². The number of carboxylic acids is 1. The van der Waals surface area contributed by atoms with Crippen LogP contribution in [0.2, 0.25) is 0 Å². The predicted molar refractivity (Wildman–Crippen MR) is 85.6 cm³/mol. The molecule has 0 spiro atoms. The fourth-order valence-corrected chi connectivity index (χ4v) is 3.25. The smallest absolute Gasteiger partial charge is 0.126 e. The van der Waals surface area contributed by atoms with Crippen molar-refractivity contribution in [3.63, 3.8) is 0 Å². The molecule has 4 rings (SSSR count). The molecule has 2 aromatic heterocycles. The van der Waals surface area contributed by atoms with E-state index in [1.807, 2.05) is 36.4 Å². The minimum Gasteiger partial charge on any atom is -0.545 e. The summed E-state index contributed by atoms with van der Waals surface area (Å²) in [5.74, 6) is -0.392. The summed E-state index contributed by atoms with van der Waals surface area (Å²) in [5, 5.41) is 12.4.